The number of amides is 1. The third-order valence-electron chi connectivity index (χ3n) is 11.9. The van der Waals surface area contributed by atoms with Crippen molar-refractivity contribution in [1.82, 2.24) is 5.32 Å². The van der Waals surface area contributed by atoms with Crippen molar-refractivity contribution in [1.29, 1.82) is 0 Å². The summed E-state index contributed by atoms with van der Waals surface area (Å²) in [4.78, 5) is 39.8. The fourth-order valence-corrected chi connectivity index (χ4v) is 8.15. The number of hydrogen-bond donors (Lipinski definition) is 1. The highest BCUT2D eigenvalue weighted by Gasteiger charge is 2.27. The molecule has 9 nitrogen and oxygen atoms in total. The van der Waals surface area contributed by atoms with Gasteiger partial charge in [-0.2, -0.15) is 0 Å². The summed E-state index contributed by atoms with van der Waals surface area (Å²) >= 11 is 0. The summed E-state index contributed by atoms with van der Waals surface area (Å²) in [6, 6.07) is -0.947. The smallest absolute Gasteiger partial charge is 0.306 e. The van der Waals surface area contributed by atoms with E-state index in [1.807, 2.05) is 27.2 Å². The Labute approximate surface area is 448 Å². The fourth-order valence-electron chi connectivity index (χ4n) is 7.43. The van der Waals surface area contributed by atoms with Crippen molar-refractivity contribution in [2.75, 3.05) is 40.9 Å². The molecule has 0 aromatic rings. The first-order chi connectivity index (χ1) is 35.4. The zero-order valence-corrected chi connectivity index (χ0v) is 48.2. The lowest BCUT2D eigenvalue weighted by molar-refractivity contribution is -0.870. The second kappa shape index (κ2) is 51.9. The van der Waals surface area contributed by atoms with Crippen molar-refractivity contribution in [2.45, 2.75) is 226 Å². The van der Waals surface area contributed by atoms with E-state index < -0.39 is 32.5 Å². The van der Waals surface area contributed by atoms with Crippen molar-refractivity contribution < 1.29 is 37.3 Å². The van der Waals surface area contributed by atoms with Crippen LogP contribution in [0.5, 0.6) is 0 Å². The quantitative estimate of drug-likeness (QED) is 0.0212. The van der Waals surface area contributed by atoms with Crippen LogP contribution in [0.3, 0.4) is 0 Å². The van der Waals surface area contributed by atoms with Crippen LogP contribution in [0.25, 0.3) is 0 Å². The highest BCUT2D eigenvalue weighted by atomic mass is 31.2. The molecule has 0 aliphatic carbocycles. The molecule has 0 aromatic carbocycles. The molecule has 1 N–H and O–H groups in total. The molecule has 0 rings (SSSR count). The van der Waals surface area contributed by atoms with Crippen molar-refractivity contribution in [3.63, 3.8) is 0 Å². The number of nitrogens with one attached hydrogen (secondary N) is 1. The molecule has 10 heteroatoms. The number of allylic oxidation sites excluding steroid dienone is 19. The zero-order chi connectivity index (χ0) is 53.6. The predicted molar refractivity (Wildman–Crippen MR) is 311 cm³/mol. The molecule has 0 radical (unpaired) electrons. The molecule has 0 aliphatic rings. The average molecular weight is 1040 g/mol. The van der Waals surface area contributed by atoms with Crippen molar-refractivity contribution >= 4 is 19.7 Å². The zero-order valence-electron chi connectivity index (χ0n) is 47.3. The van der Waals surface area contributed by atoms with Crippen LogP contribution in [0.4, 0.5) is 0 Å². The van der Waals surface area contributed by atoms with Gasteiger partial charge in [0.2, 0.25) is 5.91 Å². The predicted octanol–water partition coefficient (Wildman–Crippen LogP) is 16.9. The van der Waals surface area contributed by atoms with Crippen LogP contribution in [0.1, 0.15) is 213 Å². The van der Waals surface area contributed by atoms with Gasteiger partial charge in [0.1, 0.15) is 19.3 Å². The van der Waals surface area contributed by atoms with Gasteiger partial charge in [0.15, 0.2) is 0 Å². The molecule has 1 amide bonds. The van der Waals surface area contributed by atoms with E-state index in [0.29, 0.717) is 30.3 Å². The van der Waals surface area contributed by atoms with Gasteiger partial charge in [-0.1, -0.05) is 213 Å². The van der Waals surface area contributed by atoms with Crippen LogP contribution in [0.15, 0.2) is 122 Å². The van der Waals surface area contributed by atoms with Crippen LogP contribution >= 0.6 is 7.82 Å². The van der Waals surface area contributed by atoms with E-state index in [9.17, 15) is 19.0 Å². The number of esters is 1. The number of ether oxygens (including phenoxy) is 1. The second-order valence-electron chi connectivity index (χ2n) is 20.1. The molecular formula is C63H107N2O7P. The Bertz CT molecular complexity index is 1660. The number of hydrogen-bond acceptors (Lipinski definition) is 7. The second-order valence-corrected chi connectivity index (χ2v) is 21.5. The number of phosphoric ester groups is 1. The molecule has 3 unspecified atom stereocenters. The first-order valence-electron chi connectivity index (χ1n) is 28.8. The maximum absolute atomic E-state index is 13.5. The Kier molecular flexibility index (Phi) is 49.3. The van der Waals surface area contributed by atoms with Gasteiger partial charge in [0.05, 0.1) is 33.8 Å². The Hall–Kier alpha value is -3.59. The highest BCUT2D eigenvalue weighted by molar-refractivity contribution is 7.45. The first kappa shape index (κ1) is 69.4. The molecule has 0 saturated carbocycles. The van der Waals surface area contributed by atoms with Gasteiger partial charge in [0, 0.05) is 12.8 Å². The van der Waals surface area contributed by atoms with Gasteiger partial charge in [-0.25, -0.2) is 0 Å². The number of quaternary nitrogens is 1. The number of carbonyl (C=O) groups is 2. The van der Waals surface area contributed by atoms with E-state index in [0.717, 1.165) is 83.5 Å². The lowest BCUT2D eigenvalue weighted by Crippen LogP contribution is -2.47. The van der Waals surface area contributed by atoms with Crippen LogP contribution in [0, 0.1) is 0 Å². The van der Waals surface area contributed by atoms with Crippen molar-refractivity contribution in [3.05, 3.63) is 122 Å². The third-order valence-corrected chi connectivity index (χ3v) is 12.8. The van der Waals surface area contributed by atoms with Gasteiger partial charge in [0.25, 0.3) is 7.82 Å². The van der Waals surface area contributed by atoms with Crippen molar-refractivity contribution in [3.8, 4) is 0 Å². The number of unbranched alkanes of at least 4 members (excludes halogenated alkanes) is 16. The minimum absolute atomic E-state index is 0.0477. The number of nitrogens with zero attached hydrogens (tertiary/aromatic N) is 1. The first-order valence-corrected chi connectivity index (χ1v) is 30.3. The van der Waals surface area contributed by atoms with Gasteiger partial charge < -0.3 is 28.5 Å². The fraction of sp³-hybridized carbons (Fsp3) is 0.651. The van der Waals surface area contributed by atoms with Gasteiger partial charge in [-0.3, -0.25) is 14.2 Å². The Morgan fingerprint density at radius 1 is 0.493 bits per heavy atom. The third kappa shape index (κ3) is 53.1. The summed E-state index contributed by atoms with van der Waals surface area (Å²) < 4.78 is 30.1. The van der Waals surface area contributed by atoms with E-state index in [4.69, 9.17) is 13.8 Å². The standard InChI is InChI=1S/C63H107N2O7P/c1-7-10-13-16-19-22-25-28-30-32-34-37-40-43-46-49-52-55-62(66)64-60(59-71-73(68,69)70-58-57-65(4,5)6)61(54-51-48-45-42-39-36-27-24-21-18-15-12-9-3)72-63(67)56-53-50-47-44-41-38-35-33-31-29-26-23-20-17-14-11-8-2/h11,14,19-20,22-23,28-31,34-35,37-38,43-44,46-47,51,54,60-61H,7-10,12-13,15-18,21,24-27,32-33,36,39-42,45,48-50,52-53,55-59H2,1-6H3,(H-,64,66,68,69)/b14-11-,22-19-,23-20-,30-28-,31-29-,37-34-,38-35-,46-43-,47-44-,54-51+. The summed E-state index contributed by atoms with van der Waals surface area (Å²) in [5, 5.41) is 2.97. The minimum Gasteiger partial charge on any atom is -0.756 e. The lowest BCUT2D eigenvalue weighted by Gasteiger charge is -2.30. The normalized spacial score (nSPS) is 14.7. The number of rotatable bonds is 50. The highest BCUT2D eigenvalue weighted by Crippen LogP contribution is 2.38. The Morgan fingerprint density at radius 2 is 0.877 bits per heavy atom. The van der Waals surface area contributed by atoms with Crippen LogP contribution in [-0.4, -0.2) is 69.4 Å². The molecule has 3 atom stereocenters. The van der Waals surface area contributed by atoms with E-state index >= 15 is 0 Å². The minimum atomic E-state index is -4.73. The maximum atomic E-state index is 13.5. The monoisotopic (exact) mass is 1030 g/mol. The molecule has 0 heterocycles. The molecule has 416 valence electrons. The largest absolute Gasteiger partial charge is 0.756 e. The number of carbonyl (C=O) groups excluding carboxylic acids is 2. The molecule has 0 saturated heterocycles. The topological polar surface area (TPSA) is 114 Å². The molecule has 0 aromatic heterocycles. The van der Waals surface area contributed by atoms with E-state index in [-0.39, 0.29) is 25.4 Å². The summed E-state index contributed by atoms with van der Waals surface area (Å²) in [6.07, 6.45) is 71.8. The Morgan fingerprint density at radius 3 is 1.34 bits per heavy atom. The Balaban J connectivity index is 5.57. The summed E-state index contributed by atoms with van der Waals surface area (Å²) in [6.45, 7) is 6.59. The summed E-state index contributed by atoms with van der Waals surface area (Å²) in [5.74, 6) is -0.685. The van der Waals surface area contributed by atoms with E-state index in [1.54, 1.807) is 6.08 Å². The lowest BCUT2D eigenvalue weighted by atomic mass is 10.0. The molecule has 73 heavy (non-hydrogen) atoms. The molecule has 0 aliphatic heterocycles. The summed E-state index contributed by atoms with van der Waals surface area (Å²) in [5.41, 5.74) is 0. The van der Waals surface area contributed by atoms with Crippen molar-refractivity contribution in [2.24, 2.45) is 0 Å². The summed E-state index contributed by atoms with van der Waals surface area (Å²) in [7, 11) is 1.10. The van der Waals surface area contributed by atoms with E-state index in [1.165, 1.54) is 77.0 Å². The molecule has 0 spiro atoms. The number of likely N-dealkylation sites (N-methyl/N-ethyl adjacent to an activating group) is 1. The van der Waals surface area contributed by atoms with Gasteiger partial charge >= 0.3 is 5.97 Å². The average Bonchev–Trinajstić information content (AvgIpc) is 3.35. The van der Waals surface area contributed by atoms with Gasteiger partial charge in [-0.15, -0.1) is 0 Å². The molecular weight excluding hydrogens is 928 g/mol. The SMILES string of the molecule is CC/C=C\C/C=C\C/C=C\C/C=C\C/C=C\CCCC(=O)OC(/C=C/CCCCCCCCCCCCC)C(COP(=O)([O-])OCC[N+](C)(C)C)NC(=O)CCC/C=C\C/C=C\C/C=C\C/C=C\CCCCC. The molecule has 0 bridgehead atoms. The van der Waals surface area contributed by atoms with Crippen LogP contribution < -0.4 is 10.2 Å². The van der Waals surface area contributed by atoms with Crippen LogP contribution in [-0.2, 0) is 27.9 Å². The van der Waals surface area contributed by atoms with Crippen LogP contribution in [0.2, 0.25) is 0 Å². The molecule has 0 fully saturated rings. The number of phosphoric acid groups is 1. The van der Waals surface area contributed by atoms with Gasteiger partial charge in [-0.05, 0) is 109 Å². The van der Waals surface area contributed by atoms with E-state index in [2.05, 4.69) is 135 Å². The maximum Gasteiger partial charge on any atom is 0.306 e.